The Morgan fingerprint density at radius 1 is 1.36 bits per heavy atom. The Morgan fingerprint density at radius 2 is 2.07 bits per heavy atom. The van der Waals surface area contributed by atoms with Gasteiger partial charge in [0.15, 0.2) is 0 Å². The molecule has 2 nitrogen and oxygen atoms in total. The summed E-state index contributed by atoms with van der Waals surface area (Å²) in [6, 6.07) is 3.82. The summed E-state index contributed by atoms with van der Waals surface area (Å²) in [5.41, 5.74) is 0.510. The number of halogens is 1. The second kappa shape index (κ2) is 3.86. The zero-order valence-corrected chi connectivity index (χ0v) is 10.2. The molecule has 0 atom stereocenters. The van der Waals surface area contributed by atoms with E-state index in [4.69, 9.17) is 10.0 Å². The third kappa shape index (κ3) is 1.61. The van der Waals surface area contributed by atoms with Gasteiger partial charge in [-0.1, -0.05) is 0 Å². The zero-order chi connectivity index (χ0) is 10.3. The number of hydrogen-bond acceptors (Lipinski definition) is 4. The van der Waals surface area contributed by atoms with Gasteiger partial charge in [0.2, 0.25) is 0 Å². The fraction of sp³-hybridized carbons (Fsp3) is 0. The highest BCUT2D eigenvalue weighted by Gasteiger charge is 2.18. The number of fused-ring (bicyclic) bond motifs is 1. The maximum atomic E-state index is 9.14. The molecule has 14 heavy (non-hydrogen) atoms. The first-order valence-electron chi connectivity index (χ1n) is 3.86. The van der Waals surface area contributed by atoms with Gasteiger partial charge in [0.25, 0.3) is 0 Å². The summed E-state index contributed by atoms with van der Waals surface area (Å²) in [4.78, 5) is 0.742. The van der Waals surface area contributed by atoms with Crippen molar-refractivity contribution in [2.45, 2.75) is 4.90 Å². The molecule has 0 aliphatic carbocycles. The van der Waals surface area contributed by atoms with Crippen molar-refractivity contribution in [3.05, 3.63) is 22.0 Å². The van der Waals surface area contributed by atoms with E-state index in [0.717, 1.165) is 19.5 Å². The molecular formula is C8H6BBrO2S2. The highest BCUT2D eigenvalue weighted by molar-refractivity contribution is 9.10. The van der Waals surface area contributed by atoms with Gasteiger partial charge in [-0.3, -0.25) is 0 Å². The fourth-order valence-corrected chi connectivity index (χ4v) is 3.01. The second-order valence-electron chi connectivity index (χ2n) is 2.83. The number of hydrogen-bond donors (Lipinski definition) is 3. The van der Waals surface area contributed by atoms with Gasteiger partial charge in [-0.05, 0) is 33.4 Å². The zero-order valence-electron chi connectivity index (χ0n) is 6.94. The van der Waals surface area contributed by atoms with Gasteiger partial charge in [0.1, 0.15) is 0 Å². The number of thiol groups is 1. The van der Waals surface area contributed by atoms with E-state index in [-0.39, 0.29) is 0 Å². The molecule has 0 fully saturated rings. The predicted molar refractivity (Wildman–Crippen MR) is 66.6 cm³/mol. The summed E-state index contributed by atoms with van der Waals surface area (Å²) in [5.74, 6) is 0. The highest BCUT2D eigenvalue weighted by atomic mass is 79.9. The molecule has 6 heteroatoms. The molecule has 0 spiro atoms. The van der Waals surface area contributed by atoms with E-state index in [1.807, 2.05) is 12.1 Å². The van der Waals surface area contributed by atoms with Gasteiger partial charge in [-0.2, -0.15) is 0 Å². The van der Waals surface area contributed by atoms with Crippen molar-refractivity contribution < 1.29 is 10.0 Å². The van der Waals surface area contributed by atoms with E-state index in [1.165, 1.54) is 11.3 Å². The lowest BCUT2D eigenvalue weighted by Gasteiger charge is -2.02. The SMILES string of the molecule is OB(O)c1csc2ccc(Br)c(S)c12. The molecule has 2 N–H and O–H groups in total. The van der Waals surface area contributed by atoms with Crippen LogP contribution in [0.25, 0.3) is 10.1 Å². The van der Waals surface area contributed by atoms with Crippen molar-refractivity contribution in [1.29, 1.82) is 0 Å². The number of thiophene rings is 1. The summed E-state index contributed by atoms with van der Waals surface area (Å²) in [5, 5.41) is 20.8. The molecule has 1 aromatic carbocycles. The standard InChI is InChI=1S/C8H6BBrO2S2/c10-5-1-2-6-7(8(5)13)4(3-14-6)9(11)12/h1-3,11-13H. The lowest BCUT2D eigenvalue weighted by atomic mass is 9.80. The molecule has 0 bridgehead atoms. The quantitative estimate of drug-likeness (QED) is 0.551. The molecule has 1 heterocycles. The second-order valence-corrected chi connectivity index (χ2v) is 5.05. The van der Waals surface area contributed by atoms with Gasteiger partial charge in [0.05, 0.1) is 0 Å². The van der Waals surface area contributed by atoms with Crippen LogP contribution >= 0.6 is 39.9 Å². The van der Waals surface area contributed by atoms with Crippen LogP contribution in [0.5, 0.6) is 0 Å². The molecular weight excluding hydrogens is 283 g/mol. The van der Waals surface area contributed by atoms with E-state index < -0.39 is 7.12 Å². The first kappa shape index (κ1) is 10.5. The van der Waals surface area contributed by atoms with Gasteiger partial charge in [-0.15, -0.1) is 24.0 Å². The highest BCUT2D eigenvalue weighted by Crippen LogP contribution is 2.31. The smallest absolute Gasteiger partial charge is 0.423 e. The molecule has 0 aliphatic heterocycles. The lowest BCUT2D eigenvalue weighted by Crippen LogP contribution is -2.28. The Bertz CT molecular complexity index is 483. The molecule has 0 aliphatic rings. The van der Waals surface area contributed by atoms with Crippen LogP contribution < -0.4 is 5.46 Å². The molecule has 0 radical (unpaired) electrons. The molecule has 2 rings (SSSR count). The van der Waals surface area contributed by atoms with Crippen LogP contribution in [-0.4, -0.2) is 17.2 Å². The Balaban J connectivity index is 2.82. The van der Waals surface area contributed by atoms with Crippen molar-refractivity contribution in [2.24, 2.45) is 0 Å². The van der Waals surface area contributed by atoms with Gasteiger partial charge in [0, 0.05) is 24.9 Å². The molecule has 0 saturated carbocycles. The Morgan fingerprint density at radius 3 is 2.71 bits per heavy atom. The van der Waals surface area contributed by atoms with E-state index in [1.54, 1.807) is 5.38 Å². The maximum absolute atomic E-state index is 9.14. The monoisotopic (exact) mass is 288 g/mol. The topological polar surface area (TPSA) is 40.5 Å². The first-order valence-corrected chi connectivity index (χ1v) is 5.98. The van der Waals surface area contributed by atoms with Crippen molar-refractivity contribution >= 4 is 62.6 Å². The average Bonchev–Trinajstić information content (AvgIpc) is 2.55. The Hall–Kier alpha value is -0.00506. The minimum Gasteiger partial charge on any atom is -0.423 e. The predicted octanol–water partition coefficient (Wildman–Crippen LogP) is 1.63. The van der Waals surface area contributed by atoms with Crippen LogP contribution in [0, 0.1) is 0 Å². The van der Waals surface area contributed by atoms with E-state index in [9.17, 15) is 0 Å². The van der Waals surface area contributed by atoms with Crippen LogP contribution in [0.3, 0.4) is 0 Å². The summed E-state index contributed by atoms with van der Waals surface area (Å²) < 4.78 is 1.86. The summed E-state index contributed by atoms with van der Waals surface area (Å²) in [6.07, 6.45) is 0. The molecule has 0 amide bonds. The van der Waals surface area contributed by atoms with E-state index >= 15 is 0 Å². The third-order valence-corrected chi connectivity index (χ3v) is 4.37. The van der Waals surface area contributed by atoms with Gasteiger partial charge < -0.3 is 10.0 Å². The minimum absolute atomic E-state index is 0.510. The maximum Gasteiger partial charge on any atom is 0.489 e. The molecule has 72 valence electrons. The molecule has 0 unspecified atom stereocenters. The molecule has 2 aromatic rings. The van der Waals surface area contributed by atoms with Gasteiger partial charge >= 0.3 is 7.12 Å². The fourth-order valence-electron chi connectivity index (χ4n) is 1.30. The van der Waals surface area contributed by atoms with Crippen LogP contribution in [0.15, 0.2) is 26.9 Å². The largest absolute Gasteiger partial charge is 0.489 e. The Labute approximate surface area is 99.3 Å². The summed E-state index contributed by atoms with van der Waals surface area (Å²) >= 11 is 9.16. The van der Waals surface area contributed by atoms with Crippen LogP contribution in [0.1, 0.15) is 0 Å². The molecule has 1 aromatic heterocycles. The number of benzene rings is 1. The van der Waals surface area contributed by atoms with E-state index in [0.29, 0.717) is 5.46 Å². The first-order chi connectivity index (χ1) is 6.61. The Kier molecular flexibility index (Phi) is 2.90. The average molecular weight is 289 g/mol. The summed E-state index contributed by atoms with van der Waals surface area (Å²) in [6.45, 7) is 0. The van der Waals surface area contributed by atoms with Crippen LogP contribution in [0.4, 0.5) is 0 Å². The van der Waals surface area contributed by atoms with E-state index in [2.05, 4.69) is 28.6 Å². The summed E-state index contributed by atoms with van der Waals surface area (Å²) in [7, 11) is -1.44. The van der Waals surface area contributed by atoms with Crippen molar-refractivity contribution in [3.63, 3.8) is 0 Å². The van der Waals surface area contributed by atoms with Crippen LogP contribution in [-0.2, 0) is 0 Å². The van der Waals surface area contributed by atoms with Crippen molar-refractivity contribution in [1.82, 2.24) is 0 Å². The lowest BCUT2D eigenvalue weighted by molar-refractivity contribution is 0.426. The minimum atomic E-state index is -1.44. The normalized spacial score (nSPS) is 10.9. The molecule has 0 saturated heterocycles. The van der Waals surface area contributed by atoms with Crippen molar-refractivity contribution in [2.75, 3.05) is 0 Å². The van der Waals surface area contributed by atoms with Gasteiger partial charge in [-0.25, -0.2) is 0 Å². The van der Waals surface area contributed by atoms with Crippen LogP contribution in [0.2, 0.25) is 0 Å². The third-order valence-electron chi connectivity index (χ3n) is 1.97. The number of rotatable bonds is 1. The van der Waals surface area contributed by atoms with Crippen molar-refractivity contribution in [3.8, 4) is 0 Å².